The summed E-state index contributed by atoms with van der Waals surface area (Å²) < 4.78 is 5.26. The Hall–Kier alpha value is -1.55. The van der Waals surface area contributed by atoms with Crippen molar-refractivity contribution in [1.82, 2.24) is 0 Å². The maximum absolute atomic E-state index is 11.9. The van der Waals surface area contributed by atoms with Gasteiger partial charge >= 0.3 is 5.97 Å². The third kappa shape index (κ3) is 2.42. The summed E-state index contributed by atoms with van der Waals surface area (Å²) in [6.45, 7) is 5.41. The average molecular weight is 235 g/mol. The van der Waals surface area contributed by atoms with Crippen molar-refractivity contribution >= 4 is 11.7 Å². The largest absolute Gasteiger partial charge is 0.458 e. The smallest absolute Gasteiger partial charge is 0.332 e. The summed E-state index contributed by atoms with van der Waals surface area (Å²) in [5, 5.41) is 13.0. The van der Waals surface area contributed by atoms with Crippen LogP contribution in [0.4, 0.5) is 5.69 Å². The quantitative estimate of drug-likeness (QED) is 0.729. The molecule has 2 rings (SSSR count). The normalized spacial score (nSPS) is 22.8. The van der Waals surface area contributed by atoms with Crippen LogP contribution in [-0.4, -0.2) is 22.7 Å². The van der Waals surface area contributed by atoms with Gasteiger partial charge in [-0.2, -0.15) is 0 Å². The highest BCUT2D eigenvalue weighted by Crippen LogP contribution is 2.34. The predicted molar refractivity (Wildman–Crippen MR) is 64.7 cm³/mol. The molecule has 0 spiro atoms. The molecule has 0 bridgehead atoms. The van der Waals surface area contributed by atoms with E-state index < -0.39 is 23.7 Å². The number of benzene rings is 1. The minimum atomic E-state index is -0.846. The molecule has 0 aliphatic carbocycles. The van der Waals surface area contributed by atoms with Gasteiger partial charge < -0.3 is 15.2 Å². The Bertz CT molecular complexity index is 437. The number of rotatable bonds is 1. The van der Waals surface area contributed by atoms with Crippen LogP contribution in [0.3, 0.4) is 0 Å². The van der Waals surface area contributed by atoms with Crippen LogP contribution in [0, 0.1) is 0 Å². The standard InChI is InChI=1S/C13H17NO3/c1-13(2,3)17-12(16)10-11(15)8-6-4-5-7-9(8)14-10/h4-7,10-11,14-15H,1-3H3/t10-,11-/m0/s1. The Labute approximate surface area is 101 Å². The Morgan fingerprint density at radius 3 is 2.59 bits per heavy atom. The van der Waals surface area contributed by atoms with E-state index in [-0.39, 0.29) is 0 Å². The summed E-state index contributed by atoms with van der Waals surface area (Å²) in [6, 6.07) is 6.61. The van der Waals surface area contributed by atoms with Crippen LogP contribution in [0.15, 0.2) is 24.3 Å². The van der Waals surface area contributed by atoms with Crippen LogP contribution in [-0.2, 0) is 9.53 Å². The van der Waals surface area contributed by atoms with E-state index >= 15 is 0 Å². The molecule has 0 saturated carbocycles. The molecule has 4 heteroatoms. The van der Waals surface area contributed by atoms with E-state index in [0.717, 1.165) is 11.3 Å². The highest BCUT2D eigenvalue weighted by molar-refractivity contribution is 5.84. The van der Waals surface area contributed by atoms with Crippen LogP contribution in [0.1, 0.15) is 32.4 Å². The predicted octanol–water partition coefficient (Wildman–Crippen LogP) is 1.86. The van der Waals surface area contributed by atoms with E-state index in [4.69, 9.17) is 4.74 Å². The van der Waals surface area contributed by atoms with Gasteiger partial charge in [0.1, 0.15) is 11.7 Å². The molecule has 1 aromatic carbocycles. The van der Waals surface area contributed by atoms with E-state index in [1.165, 1.54) is 0 Å². The number of hydrogen-bond donors (Lipinski definition) is 2. The molecule has 0 saturated heterocycles. The second-order valence-electron chi connectivity index (χ2n) is 5.19. The first-order valence-electron chi connectivity index (χ1n) is 5.65. The number of para-hydroxylation sites is 1. The summed E-state index contributed by atoms with van der Waals surface area (Å²) in [5.74, 6) is -0.429. The number of anilines is 1. The summed E-state index contributed by atoms with van der Waals surface area (Å²) in [5.41, 5.74) is 0.979. The number of ether oxygens (including phenoxy) is 1. The van der Waals surface area contributed by atoms with E-state index in [1.807, 2.05) is 18.2 Å². The van der Waals surface area contributed by atoms with E-state index in [2.05, 4.69) is 5.32 Å². The van der Waals surface area contributed by atoms with Crippen molar-refractivity contribution in [1.29, 1.82) is 0 Å². The van der Waals surface area contributed by atoms with E-state index in [0.29, 0.717) is 0 Å². The summed E-state index contributed by atoms with van der Waals surface area (Å²) in [4.78, 5) is 11.9. The van der Waals surface area contributed by atoms with Crippen molar-refractivity contribution in [2.75, 3.05) is 5.32 Å². The summed E-state index contributed by atoms with van der Waals surface area (Å²) in [6.07, 6.45) is -0.846. The lowest BCUT2D eigenvalue weighted by Crippen LogP contribution is -2.37. The molecule has 2 N–H and O–H groups in total. The maximum Gasteiger partial charge on any atom is 0.332 e. The molecular formula is C13H17NO3. The third-order valence-electron chi connectivity index (χ3n) is 2.57. The molecule has 0 radical (unpaired) electrons. The number of hydrogen-bond acceptors (Lipinski definition) is 4. The van der Waals surface area contributed by atoms with Crippen molar-refractivity contribution in [2.45, 2.75) is 38.5 Å². The molecule has 2 atom stereocenters. The highest BCUT2D eigenvalue weighted by atomic mass is 16.6. The first-order valence-corrected chi connectivity index (χ1v) is 5.65. The van der Waals surface area contributed by atoms with Crippen molar-refractivity contribution in [2.24, 2.45) is 0 Å². The average Bonchev–Trinajstić information content (AvgIpc) is 2.55. The lowest BCUT2D eigenvalue weighted by Gasteiger charge is -2.23. The molecule has 17 heavy (non-hydrogen) atoms. The Morgan fingerprint density at radius 1 is 1.35 bits per heavy atom. The summed E-state index contributed by atoms with van der Waals surface area (Å²) in [7, 11) is 0. The number of aliphatic hydroxyl groups excluding tert-OH is 1. The zero-order valence-corrected chi connectivity index (χ0v) is 10.2. The van der Waals surface area contributed by atoms with Gasteiger partial charge in [0.05, 0.1) is 0 Å². The Kier molecular flexibility index (Phi) is 2.83. The van der Waals surface area contributed by atoms with Gasteiger partial charge in [0.25, 0.3) is 0 Å². The third-order valence-corrected chi connectivity index (χ3v) is 2.57. The van der Waals surface area contributed by atoms with E-state index in [1.54, 1.807) is 26.8 Å². The van der Waals surface area contributed by atoms with Gasteiger partial charge in [0.2, 0.25) is 0 Å². The Balaban J connectivity index is 2.15. The number of nitrogens with one attached hydrogen (secondary N) is 1. The monoisotopic (exact) mass is 235 g/mol. The molecule has 1 heterocycles. The van der Waals surface area contributed by atoms with Crippen molar-refractivity contribution < 1.29 is 14.6 Å². The highest BCUT2D eigenvalue weighted by Gasteiger charge is 2.38. The van der Waals surface area contributed by atoms with E-state index in [9.17, 15) is 9.90 Å². The van der Waals surface area contributed by atoms with Gasteiger partial charge in [-0.05, 0) is 26.8 Å². The van der Waals surface area contributed by atoms with Crippen LogP contribution >= 0.6 is 0 Å². The molecule has 0 aromatic heterocycles. The first-order chi connectivity index (χ1) is 7.88. The van der Waals surface area contributed by atoms with Crippen LogP contribution in [0.25, 0.3) is 0 Å². The van der Waals surface area contributed by atoms with Gasteiger partial charge in [-0.25, -0.2) is 4.79 Å². The zero-order chi connectivity index (χ0) is 12.6. The number of esters is 1. The van der Waals surface area contributed by atoms with Gasteiger partial charge in [-0.1, -0.05) is 18.2 Å². The fourth-order valence-electron chi connectivity index (χ4n) is 1.87. The number of carbonyl (C=O) groups is 1. The van der Waals surface area contributed by atoms with Crippen LogP contribution < -0.4 is 5.32 Å². The molecule has 1 aliphatic rings. The fourth-order valence-corrected chi connectivity index (χ4v) is 1.87. The number of aliphatic hydroxyl groups is 1. The van der Waals surface area contributed by atoms with Crippen LogP contribution in [0.5, 0.6) is 0 Å². The topological polar surface area (TPSA) is 58.6 Å². The summed E-state index contributed by atoms with van der Waals surface area (Å²) >= 11 is 0. The zero-order valence-electron chi connectivity index (χ0n) is 10.2. The number of carbonyl (C=O) groups excluding carboxylic acids is 1. The molecule has 1 aliphatic heterocycles. The minimum absolute atomic E-state index is 0.429. The molecule has 92 valence electrons. The molecule has 4 nitrogen and oxygen atoms in total. The SMILES string of the molecule is CC(C)(C)OC(=O)[C@H]1Nc2ccccc2[C@@H]1O. The molecular weight excluding hydrogens is 218 g/mol. The second-order valence-corrected chi connectivity index (χ2v) is 5.19. The lowest BCUT2D eigenvalue weighted by atomic mass is 10.1. The molecule has 0 unspecified atom stereocenters. The fraction of sp³-hybridized carbons (Fsp3) is 0.462. The molecule has 0 fully saturated rings. The van der Waals surface area contributed by atoms with Gasteiger partial charge in [-0.3, -0.25) is 0 Å². The number of fused-ring (bicyclic) bond motifs is 1. The second kappa shape index (κ2) is 4.04. The minimum Gasteiger partial charge on any atom is -0.458 e. The van der Waals surface area contributed by atoms with Gasteiger partial charge in [-0.15, -0.1) is 0 Å². The Morgan fingerprint density at radius 2 is 2.00 bits per heavy atom. The van der Waals surface area contributed by atoms with Crippen molar-refractivity contribution in [3.63, 3.8) is 0 Å². The van der Waals surface area contributed by atoms with Crippen molar-refractivity contribution in [3.05, 3.63) is 29.8 Å². The maximum atomic E-state index is 11.9. The first kappa shape index (κ1) is 11.9. The molecule has 1 aromatic rings. The lowest BCUT2D eigenvalue weighted by molar-refractivity contribution is -0.158. The van der Waals surface area contributed by atoms with Crippen molar-refractivity contribution in [3.8, 4) is 0 Å². The van der Waals surface area contributed by atoms with Gasteiger partial charge in [0, 0.05) is 11.3 Å². The molecule has 0 amide bonds. The van der Waals surface area contributed by atoms with Crippen LogP contribution in [0.2, 0.25) is 0 Å². The van der Waals surface area contributed by atoms with Gasteiger partial charge in [0.15, 0.2) is 6.04 Å².